The monoisotopic (exact) mass is 317 g/mol. The summed E-state index contributed by atoms with van der Waals surface area (Å²) in [6, 6.07) is 3.60. The van der Waals surface area contributed by atoms with Crippen LogP contribution in [-0.2, 0) is 4.79 Å². The van der Waals surface area contributed by atoms with Crippen molar-refractivity contribution in [3.05, 3.63) is 16.5 Å². The molecule has 0 atom stereocenters. The number of halogens is 1. The van der Waals surface area contributed by atoms with Gasteiger partial charge in [-0.2, -0.15) is 0 Å². The van der Waals surface area contributed by atoms with E-state index < -0.39 is 0 Å². The van der Waals surface area contributed by atoms with Crippen LogP contribution in [0.3, 0.4) is 0 Å². The molecule has 0 saturated heterocycles. The molecule has 0 unspecified atom stereocenters. The lowest BCUT2D eigenvalue weighted by Gasteiger charge is -2.00. The molecule has 2 aromatic heterocycles. The number of rotatable bonds is 6. The molecule has 19 heavy (non-hydrogen) atoms. The fourth-order valence-electron chi connectivity index (χ4n) is 1.24. The van der Waals surface area contributed by atoms with Crippen molar-refractivity contribution in [3.63, 3.8) is 0 Å². The molecule has 2 heterocycles. The van der Waals surface area contributed by atoms with Crippen molar-refractivity contribution >= 4 is 40.6 Å². The minimum absolute atomic E-state index is 0.0363. The van der Waals surface area contributed by atoms with E-state index in [0.717, 1.165) is 11.3 Å². The lowest BCUT2D eigenvalue weighted by Crippen LogP contribution is -2.25. The summed E-state index contributed by atoms with van der Waals surface area (Å²) in [5.41, 5.74) is 0. The zero-order valence-corrected chi connectivity index (χ0v) is 12.6. The minimum atomic E-state index is -0.0363. The quantitative estimate of drug-likeness (QED) is 0.829. The molecule has 0 spiro atoms. The van der Waals surface area contributed by atoms with Gasteiger partial charge in [0.05, 0.1) is 15.0 Å². The van der Waals surface area contributed by atoms with Gasteiger partial charge >= 0.3 is 0 Å². The SMILES string of the molecule is CCCNC(=O)CSc1nnc(-c2ccc(Cl)s2)o1. The maximum atomic E-state index is 11.4. The normalized spacial score (nSPS) is 10.6. The van der Waals surface area contributed by atoms with Crippen LogP contribution in [0.5, 0.6) is 0 Å². The van der Waals surface area contributed by atoms with Gasteiger partial charge in [-0.3, -0.25) is 4.79 Å². The van der Waals surface area contributed by atoms with Gasteiger partial charge < -0.3 is 9.73 Å². The molecule has 0 bridgehead atoms. The zero-order valence-electron chi connectivity index (χ0n) is 10.2. The van der Waals surface area contributed by atoms with Crippen molar-refractivity contribution in [2.24, 2.45) is 0 Å². The van der Waals surface area contributed by atoms with Crippen LogP contribution in [0.2, 0.25) is 4.34 Å². The van der Waals surface area contributed by atoms with E-state index in [2.05, 4.69) is 15.5 Å². The number of nitrogens with one attached hydrogen (secondary N) is 1. The zero-order chi connectivity index (χ0) is 13.7. The molecule has 0 fully saturated rings. The van der Waals surface area contributed by atoms with Gasteiger partial charge in [0.1, 0.15) is 0 Å². The maximum Gasteiger partial charge on any atom is 0.277 e. The van der Waals surface area contributed by atoms with Crippen LogP contribution in [0.1, 0.15) is 13.3 Å². The summed E-state index contributed by atoms with van der Waals surface area (Å²) in [5.74, 6) is 0.659. The van der Waals surface area contributed by atoms with Gasteiger partial charge in [0.2, 0.25) is 5.91 Å². The lowest BCUT2D eigenvalue weighted by molar-refractivity contribution is -0.118. The van der Waals surface area contributed by atoms with Crippen LogP contribution in [0, 0.1) is 0 Å². The number of carbonyl (C=O) groups excluding carboxylic acids is 1. The summed E-state index contributed by atoms with van der Waals surface area (Å²) in [4.78, 5) is 12.2. The molecule has 0 aliphatic heterocycles. The molecular formula is C11H12ClN3O2S2. The first-order valence-electron chi connectivity index (χ1n) is 5.67. The van der Waals surface area contributed by atoms with E-state index >= 15 is 0 Å². The second kappa shape index (κ2) is 6.93. The highest BCUT2D eigenvalue weighted by Crippen LogP contribution is 2.31. The third-order valence-electron chi connectivity index (χ3n) is 2.09. The van der Waals surface area contributed by atoms with Crippen molar-refractivity contribution in [3.8, 4) is 10.8 Å². The van der Waals surface area contributed by atoms with Gasteiger partial charge in [0.25, 0.3) is 11.1 Å². The number of amides is 1. The molecule has 0 aliphatic carbocycles. The van der Waals surface area contributed by atoms with Crippen LogP contribution >= 0.6 is 34.7 Å². The number of aromatic nitrogens is 2. The highest BCUT2D eigenvalue weighted by Gasteiger charge is 2.12. The molecule has 1 N–H and O–H groups in total. The molecule has 8 heteroatoms. The average Bonchev–Trinajstić information content (AvgIpc) is 3.02. The van der Waals surface area contributed by atoms with Crippen molar-refractivity contribution in [1.82, 2.24) is 15.5 Å². The highest BCUT2D eigenvalue weighted by atomic mass is 35.5. The van der Waals surface area contributed by atoms with Crippen LogP contribution < -0.4 is 5.32 Å². The van der Waals surface area contributed by atoms with Crippen molar-refractivity contribution in [2.45, 2.75) is 18.6 Å². The number of thiophene rings is 1. The first-order chi connectivity index (χ1) is 9.19. The summed E-state index contributed by atoms with van der Waals surface area (Å²) in [5, 5.41) is 11.0. The Kier molecular flexibility index (Phi) is 5.24. The molecule has 102 valence electrons. The molecule has 0 aliphatic rings. The van der Waals surface area contributed by atoms with E-state index in [0.29, 0.717) is 22.0 Å². The standard InChI is InChI=1S/C11H12ClN3O2S2/c1-2-5-13-9(16)6-18-11-15-14-10(17-11)7-3-4-8(12)19-7/h3-4H,2,5-6H2,1H3,(H,13,16). The van der Waals surface area contributed by atoms with Gasteiger partial charge in [0, 0.05) is 6.54 Å². The number of nitrogens with zero attached hydrogens (tertiary/aromatic N) is 2. The number of carbonyl (C=O) groups is 1. The van der Waals surface area contributed by atoms with Gasteiger partial charge in [0.15, 0.2) is 0 Å². The largest absolute Gasteiger partial charge is 0.410 e. The van der Waals surface area contributed by atoms with Crippen LogP contribution in [0.15, 0.2) is 21.8 Å². The predicted molar refractivity (Wildman–Crippen MR) is 76.6 cm³/mol. The number of hydrogen-bond acceptors (Lipinski definition) is 6. The summed E-state index contributed by atoms with van der Waals surface area (Å²) >= 11 is 8.43. The first-order valence-corrected chi connectivity index (χ1v) is 7.85. The fraction of sp³-hybridized carbons (Fsp3) is 0.364. The Bertz CT molecular complexity index is 556. The van der Waals surface area contributed by atoms with Gasteiger partial charge in [-0.05, 0) is 18.6 Å². The Labute approximate surface area is 123 Å². The second-order valence-electron chi connectivity index (χ2n) is 3.62. The van der Waals surface area contributed by atoms with Crippen molar-refractivity contribution in [1.29, 1.82) is 0 Å². The summed E-state index contributed by atoms with van der Waals surface area (Å²) in [6.45, 7) is 2.69. The Morgan fingerprint density at radius 2 is 2.37 bits per heavy atom. The molecule has 2 aromatic rings. The topological polar surface area (TPSA) is 68.0 Å². The second-order valence-corrected chi connectivity index (χ2v) is 6.26. The Balaban J connectivity index is 1.89. The summed E-state index contributed by atoms with van der Waals surface area (Å²) in [7, 11) is 0. The van der Waals surface area contributed by atoms with Crippen LogP contribution in [0.25, 0.3) is 10.8 Å². The lowest BCUT2D eigenvalue weighted by atomic mass is 10.5. The average molecular weight is 318 g/mol. The first kappa shape index (κ1) is 14.4. The molecular weight excluding hydrogens is 306 g/mol. The van der Waals surface area contributed by atoms with E-state index in [1.165, 1.54) is 23.1 Å². The van der Waals surface area contributed by atoms with E-state index in [9.17, 15) is 4.79 Å². The third kappa shape index (κ3) is 4.22. The maximum absolute atomic E-state index is 11.4. The summed E-state index contributed by atoms with van der Waals surface area (Å²) in [6.07, 6.45) is 0.917. The van der Waals surface area contributed by atoms with E-state index in [-0.39, 0.29) is 11.7 Å². The third-order valence-corrected chi connectivity index (χ3v) is 4.13. The Morgan fingerprint density at radius 3 is 3.05 bits per heavy atom. The molecule has 1 amide bonds. The Hall–Kier alpha value is -1.05. The molecule has 5 nitrogen and oxygen atoms in total. The smallest absolute Gasteiger partial charge is 0.277 e. The van der Waals surface area contributed by atoms with Crippen LogP contribution in [-0.4, -0.2) is 28.4 Å². The minimum Gasteiger partial charge on any atom is -0.410 e. The van der Waals surface area contributed by atoms with Crippen LogP contribution in [0.4, 0.5) is 0 Å². The summed E-state index contributed by atoms with van der Waals surface area (Å²) < 4.78 is 6.12. The number of thioether (sulfide) groups is 1. The van der Waals surface area contributed by atoms with Crippen molar-refractivity contribution < 1.29 is 9.21 Å². The fourth-order valence-corrected chi connectivity index (χ4v) is 2.80. The highest BCUT2D eigenvalue weighted by molar-refractivity contribution is 7.99. The Morgan fingerprint density at radius 1 is 1.53 bits per heavy atom. The van der Waals surface area contributed by atoms with Crippen molar-refractivity contribution in [2.75, 3.05) is 12.3 Å². The number of hydrogen-bond donors (Lipinski definition) is 1. The molecule has 0 saturated carbocycles. The van der Waals surface area contributed by atoms with Gasteiger partial charge in [-0.1, -0.05) is 30.3 Å². The van der Waals surface area contributed by atoms with E-state index in [1.54, 1.807) is 6.07 Å². The van der Waals surface area contributed by atoms with E-state index in [4.69, 9.17) is 16.0 Å². The molecule has 0 aromatic carbocycles. The van der Waals surface area contributed by atoms with Gasteiger partial charge in [-0.15, -0.1) is 21.5 Å². The molecule has 0 radical (unpaired) electrons. The predicted octanol–water partition coefficient (Wildman–Crippen LogP) is 3.07. The van der Waals surface area contributed by atoms with Gasteiger partial charge in [-0.25, -0.2) is 0 Å². The van der Waals surface area contributed by atoms with E-state index in [1.807, 2.05) is 13.0 Å². The molecule has 2 rings (SSSR count).